The van der Waals surface area contributed by atoms with Crippen molar-refractivity contribution in [2.45, 2.75) is 18.9 Å². The van der Waals surface area contributed by atoms with Crippen LogP contribution in [0, 0.1) is 0 Å². The van der Waals surface area contributed by atoms with Gasteiger partial charge in [-0.05, 0) is 31.0 Å². The zero-order chi connectivity index (χ0) is 17.3. The number of aryl methyl sites for hydroxylation is 1. The first-order valence-electron chi connectivity index (χ1n) is 7.62. The van der Waals surface area contributed by atoms with Gasteiger partial charge in [0.2, 0.25) is 5.76 Å². The predicted molar refractivity (Wildman–Crippen MR) is 93.1 cm³/mol. The van der Waals surface area contributed by atoms with Gasteiger partial charge in [-0.1, -0.05) is 23.2 Å². The van der Waals surface area contributed by atoms with Gasteiger partial charge in [-0.25, -0.2) is 0 Å². The molecule has 1 N–H and O–H groups in total. The summed E-state index contributed by atoms with van der Waals surface area (Å²) < 4.78 is 6.13. The monoisotopic (exact) mass is 369 g/mol. The quantitative estimate of drug-likeness (QED) is 0.902. The second-order valence-corrected chi connectivity index (χ2v) is 6.63. The topological polar surface area (TPSA) is 67.5 Å². The third-order valence-electron chi connectivity index (χ3n) is 4.03. The highest BCUT2D eigenvalue weighted by atomic mass is 35.5. The third kappa shape index (κ3) is 3.60. The number of anilines is 1. The van der Waals surface area contributed by atoms with Gasteiger partial charge in [0.15, 0.2) is 0 Å². The third-order valence-corrected chi connectivity index (χ3v) is 4.57. The molecule has 1 saturated heterocycles. The molecule has 1 aromatic carbocycles. The molecule has 128 valence electrons. The van der Waals surface area contributed by atoms with Crippen LogP contribution in [-0.2, 0) is 7.05 Å². The number of carbonyl (C=O) groups is 1. The first kappa shape index (κ1) is 16.9. The molecule has 2 heterocycles. The summed E-state index contributed by atoms with van der Waals surface area (Å²) in [6, 6.07) is 6.52. The summed E-state index contributed by atoms with van der Waals surface area (Å²) in [6.45, 7) is 1.48. The molecule has 1 atom stereocenters. The Bertz CT molecular complexity index is 815. The molecule has 0 radical (unpaired) electrons. The van der Waals surface area contributed by atoms with E-state index in [9.17, 15) is 9.59 Å². The number of amides is 1. The van der Waals surface area contributed by atoms with E-state index in [1.54, 1.807) is 12.1 Å². The first-order chi connectivity index (χ1) is 11.4. The fraction of sp³-hybridized carbons (Fsp3) is 0.375. The average molecular weight is 370 g/mol. The van der Waals surface area contributed by atoms with Gasteiger partial charge in [-0.15, -0.1) is 0 Å². The van der Waals surface area contributed by atoms with E-state index in [0.717, 1.165) is 29.8 Å². The maximum atomic E-state index is 12.2. The first-order valence-corrected chi connectivity index (χ1v) is 8.38. The van der Waals surface area contributed by atoms with Crippen LogP contribution in [0.4, 0.5) is 5.69 Å². The molecule has 24 heavy (non-hydrogen) atoms. The molecule has 0 bridgehead atoms. The molecule has 1 aliphatic heterocycles. The van der Waals surface area contributed by atoms with Crippen LogP contribution in [0.3, 0.4) is 0 Å². The zero-order valence-electron chi connectivity index (χ0n) is 13.1. The van der Waals surface area contributed by atoms with Crippen molar-refractivity contribution in [3.8, 4) is 0 Å². The summed E-state index contributed by atoms with van der Waals surface area (Å²) in [7, 11) is 1.46. The summed E-state index contributed by atoms with van der Waals surface area (Å²) in [5.74, 6) is -0.370. The van der Waals surface area contributed by atoms with Gasteiger partial charge in [0, 0.05) is 31.2 Å². The van der Waals surface area contributed by atoms with Gasteiger partial charge in [-0.2, -0.15) is 4.74 Å². The minimum Gasteiger partial charge on any atom is -0.371 e. The van der Waals surface area contributed by atoms with E-state index in [4.69, 9.17) is 27.7 Å². The Balaban J connectivity index is 1.69. The van der Waals surface area contributed by atoms with Gasteiger partial charge in [0.1, 0.15) is 0 Å². The lowest BCUT2D eigenvalue weighted by Gasteiger charge is -2.35. The summed E-state index contributed by atoms with van der Waals surface area (Å²) in [4.78, 5) is 25.7. The fourth-order valence-electron chi connectivity index (χ4n) is 2.84. The van der Waals surface area contributed by atoms with Crippen LogP contribution in [0.2, 0.25) is 10.0 Å². The maximum Gasteiger partial charge on any atom is 0.290 e. The van der Waals surface area contributed by atoms with Crippen LogP contribution in [0.25, 0.3) is 0 Å². The van der Waals surface area contributed by atoms with Crippen LogP contribution in [0.15, 0.2) is 33.6 Å². The molecule has 6 nitrogen and oxygen atoms in total. The van der Waals surface area contributed by atoms with Gasteiger partial charge in [0.25, 0.3) is 11.5 Å². The normalized spacial score (nSPS) is 17.8. The number of aromatic nitrogens is 1. The highest BCUT2D eigenvalue weighted by molar-refractivity contribution is 6.36. The molecule has 1 aromatic heterocycles. The minimum absolute atomic E-state index is 0.0177. The van der Waals surface area contributed by atoms with Crippen LogP contribution in [0.5, 0.6) is 0 Å². The van der Waals surface area contributed by atoms with E-state index in [0.29, 0.717) is 16.6 Å². The molecule has 0 spiro atoms. The second kappa shape index (κ2) is 6.91. The van der Waals surface area contributed by atoms with Gasteiger partial charge in [0.05, 0.1) is 16.8 Å². The van der Waals surface area contributed by atoms with Crippen LogP contribution in [0.1, 0.15) is 23.4 Å². The largest absolute Gasteiger partial charge is 0.371 e. The number of hydrogen-bond acceptors (Lipinski definition) is 4. The molecule has 0 saturated carbocycles. The van der Waals surface area contributed by atoms with Crippen molar-refractivity contribution in [2.75, 3.05) is 18.0 Å². The lowest BCUT2D eigenvalue weighted by Crippen LogP contribution is -2.47. The summed E-state index contributed by atoms with van der Waals surface area (Å²) in [6.07, 6.45) is 1.77. The highest BCUT2D eigenvalue weighted by Crippen LogP contribution is 2.30. The van der Waals surface area contributed by atoms with Gasteiger partial charge in [-0.3, -0.25) is 9.59 Å². The Kier molecular flexibility index (Phi) is 4.87. The van der Waals surface area contributed by atoms with Crippen molar-refractivity contribution < 1.29 is 9.32 Å². The Hall–Kier alpha value is -1.92. The Morgan fingerprint density at radius 1 is 1.33 bits per heavy atom. The van der Waals surface area contributed by atoms with Crippen molar-refractivity contribution in [1.82, 2.24) is 10.1 Å². The standard InChI is InChI=1S/C16H17Cl2N3O3/c1-20-15(22)8-14(24-20)16(23)19-11-3-2-6-21(9-11)13-5-4-10(17)7-12(13)18/h4-5,7-8,11H,2-3,6,9H2,1H3,(H,19,23)/t11-/m0/s1. The number of piperidine rings is 1. The molecule has 1 aliphatic rings. The van der Waals surface area contributed by atoms with Crippen LogP contribution >= 0.6 is 23.2 Å². The van der Waals surface area contributed by atoms with E-state index in [-0.39, 0.29) is 23.3 Å². The minimum atomic E-state index is -0.387. The smallest absolute Gasteiger partial charge is 0.290 e. The number of benzene rings is 1. The van der Waals surface area contributed by atoms with Crippen molar-refractivity contribution in [3.05, 3.63) is 50.4 Å². The molecular formula is C16H17Cl2N3O3. The van der Waals surface area contributed by atoms with Crippen molar-refractivity contribution in [2.24, 2.45) is 7.05 Å². The van der Waals surface area contributed by atoms with E-state index in [1.165, 1.54) is 13.1 Å². The highest BCUT2D eigenvalue weighted by Gasteiger charge is 2.24. The zero-order valence-corrected chi connectivity index (χ0v) is 14.6. The van der Waals surface area contributed by atoms with Crippen LogP contribution < -0.4 is 15.8 Å². The number of rotatable bonds is 3. The molecule has 0 aliphatic carbocycles. The van der Waals surface area contributed by atoms with Crippen molar-refractivity contribution in [1.29, 1.82) is 0 Å². The molecule has 1 amide bonds. The van der Waals surface area contributed by atoms with E-state index < -0.39 is 0 Å². The number of nitrogens with one attached hydrogen (secondary N) is 1. The van der Waals surface area contributed by atoms with Gasteiger partial charge < -0.3 is 14.7 Å². The summed E-state index contributed by atoms with van der Waals surface area (Å²) >= 11 is 12.2. The lowest BCUT2D eigenvalue weighted by molar-refractivity contribution is 0.0882. The summed E-state index contributed by atoms with van der Waals surface area (Å²) in [5, 5.41) is 4.08. The SMILES string of the molecule is Cn1oc(C(=O)N[C@H]2CCCN(c3ccc(Cl)cc3Cl)C2)cc1=O. The Morgan fingerprint density at radius 2 is 2.12 bits per heavy atom. The van der Waals surface area contributed by atoms with E-state index in [2.05, 4.69) is 10.2 Å². The Labute approximate surface area is 148 Å². The van der Waals surface area contributed by atoms with E-state index >= 15 is 0 Å². The number of carbonyl (C=O) groups excluding carboxylic acids is 1. The molecule has 8 heteroatoms. The Morgan fingerprint density at radius 3 is 2.79 bits per heavy atom. The van der Waals surface area contributed by atoms with Gasteiger partial charge >= 0.3 is 0 Å². The summed E-state index contributed by atoms with van der Waals surface area (Å²) in [5.41, 5.74) is 0.546. The average Bonchev–Trinajstić information content (AvgIpc) is 2.87. The molecule has 1 fully saturated rings. The molecule has 0 unspecified atom stereocenters. The fourth-order valence-corrected chi connectivity index (χ4v) is 3.36. The molecule has 3 rings (SSSR count). The van der Waals surface area contributed by atoms with Crippen molar-refractivity contribution >= 4 is 34.8 Å². The van der Waals surface area contributed by atoms with Crippen LogP contribution in [-0.4, -0.2) is 29.8 Å². The lowest BCUT2D eigenvalue weighted by atomic mass is 10.0. The second-order valence-electron chi connectivity index (χ2n) is 5.79. The number of halogens is 2. The number of nitrogens with zero attached hydrogens (tertiary/aromatic N) is 2. The van der Waals surface area contributed by atoms with E-state index in [1.807, 2.05) is 6.07 Å². The molecular weight excluding hydrogens is 353 g/mol. The van der Waals surface area contributed by atoms with Crippen molar-refractivity contribution in [3.63, 3.8) is 0 Å². The maximum absolute atomic E-state index is 12.2. The number of hydrogen-bond donors (Lipinski definition) is 1. The predicted octanol–water partition coefficient (Wildman–Crippen LogP) is 2.68. The molecule has 2 aromatic rings.